The highest BCUT2D eigenvalue weighted by Crippen LogP contribution is 2.20. The van der Waals surface area contributed by atoms with E-state index in [1.54, 1.807) is 18.2 Å². The Morgan fingerprint density at radius 1 is 0.963 bits per heavy atom. The zero-order valence-corrected chi connectivity index (χ0v) is 15.6. The molecule has 0 aliphatic carbocycles. The lowest BCUT2D eigenvalue weighted by atomic mass is 10.1. The van der Waals surface area contributed by atoms with Gasteiger partial charge in [-0.2, -0.15) is 5.10 Å². The first kappa shape index (κ1) is 18.9. The minimum Gasteiger partial charge on any atom is -0.344 e. The molecule has 0 unspecified atom stereocenters. The Labute approximate surface area is 166 Å². The molecule has 136 valence electrons. The molecule has 0 radical (unpaired) electrons. The topological polar surface area (TPSA) is 70.6 Å². The maximum atomic E-state index is 11.9. The number of hydrogen-bond donors (Lipinski definition) is 2. The van der Waals surface area contributed by atoms with E-state index < -0.39 is 11.8 Å². The van der Waals surface area contributed by atoms with Crippen LogP contribution in [-0.4, -0.2) is 18.0 Å². The van der Waals surface area contributed by atoms with Crippen molar-refractivity contribution in [2.75, 3.05) is 0 Å². The summed E-state index contributed by atoms with van der Waals surface area (Å²) in [5.41, 5.74) is 3.71. The number of nitrogens with one attached hydrogen (secondary N) is 2. The van der Waals surface area contributed by atoms with Gasteiger partial charge < -0.3 is 5.32 Å². The van der Waals surface area contributed by atoms with E-state index in [9.17, 15) is 9.59 Å². The number of nitrogens with zero attached hydrogens (tertiary/aromatic N) is 1. The summed E-state index contributed by atoms with van der Waals surface area (Å²) in [6.07, 6.45) is 1.50. The molecule has 0 heterocycles. The Morgan fingerprint density at radius 2 is 1.74 bits per heavy atom. The van der Waals surface area contributed by atoms with Gasteiger partial charge in [-0.25, -0.2) is 5.43 Å². The van der Waals surface area contributed by atoms with Crippen molar-refractivity contribution in [2.45, 2.75) is 6.54 Å². The first-order valence-electron chi connectivity index (χ1n) is 8.07. The van der Waals surface area contributed by atoms with Crippen molar-refractivity contribution in [3.8, 4) is 0 Å². The van der Waals surface area contributed by atoms with Crippen molar-refractivity contribution < 1.29 is 9.59 Å². The minimum absolute atomic E-state index is 0.106. The molecular formula is C20H15Cl2N3O2. The number of carbonyl (C=O) groups is 2. The van der Waals surface area contributed by atoms with Crippen molar-refractivity contribution in [1.29, 1.82) is 0 Å². The lowest BCUT2D eigenvalue weighted by molar-refractivity contribution is -0.139. The first-order valence-corrected chi connectivity index (χ1v) is 8.83. The molecule has 0 spiro atoms. The molecule has 2 amide bonds. The van der Waals surface area contributed by atoms with Crippen molar-refractivity contribution in [2.24, 2.45) is 5.10 Å². The molecular weight excluding hydrogens is 385 g/mol. The molecule has 0 bridgehead atoms. The predicted molar refractivity (Wildman–Crippen MR) is 108 cm³/mol. The Morgan fingerprint density at radius 3 is 2.56 bits per heavy atom. The third kappa shape index (κ3) is 4.84. The van der Waals surface area contributed by atoms with E-state index in [-0.39, 0.29) is 6.54 Å². The second-order valence-corrected chi connectivity index (χ2v) is 6.53. The molecule has 3 aromatic carbocycles. The van der Waals surface area contributed by atoms with Gasteiger partial charge in [-0.1, -0.05) is 71.7 Å². The molecule has 0 saturated carbocycles. The van der Waals surface area contributed by atoms with Crippen LogP contribution in [0.5, 0.6) is 0 Å². The molecule has 5 nitrogen and oxygen atoms in total. The molecule has 3 rings (SSSR count). The summed E-state index contributed by atoms with van der Waals surface area (Å²) in [4.78, 5) is 23.7. The van der Waals surface area contributed by atoms with Crippen LogP contribution < -0.4 is 10.7 Å². The van der Waals surface area contributed by atoms with Gasteiger partial charge in [-0.3, -0.25) is 9.59 Å². The Bertz CT molecular complexity index is 1030. The normalized spacial score (nSPS) is 10.9. The summed E-state index contributed by atoms with van der Waals surface area (Å²) in [6.45, 7) is 0.106. The lowest BCUT2D eigenvalue weighted by Gasteiger charge is -2.06. The average molecular weight is 400 g/mol. The third-order valence-electron chi connectivity index (χ3n) is 3.85. The largest absolute Gasteiger partial charge is 0.344 e. The van der Waals surface area contributed by atoms with Crippen LogP contribution >= 0.6 is 23.2 Å². The molecule has 0 saturated heterocycles. The van der Waals surface area contributed by atoms with Gasteiger partial charge in [0.15, 0.2) is 0 Å². The molecule has 7 heteroatoms. The van der Waals surface area contributed by atoms with E-state index in [4.69, 9.17) is 23.2 Å². The van der Waals surface area contributed by atoms with Crippen LogP contribution in [0, 0.1) is 0 Å². The van der Waals surface area contributed by atoms with E-state index in [1.807, 2.05) is 42.5 Å². The SMILES string of the molecule is O=C(NCc1ccc(Cl)cc1Cl)C(=O)N/N=C\c1cccc2ccccc12. The highest BCUT2D eigenvalue weighted by Gasteiger charge is 2.13. The number of amides is 2. The van der Waals surface area contributed by atoms with Crippen molar-refractivity contribution in [3.05, 3.63) is 81.8 Å². The third-order valence-corrected chi connectivity index (χ3v) is 4.44. The van der Waals surface area contributed by atoms with Gasteiger partial charge in [0.25, 0.3) is 0 Å². The van der Waals surface area contributed by atoms with Crippen LogP contribution in [0.2, 0.25) is 10.0 Å². The number of hydrogen-bond acceptors (Lipinski definition) is 3. The van der Waals surface area contributed by atoms with Crippen LogP contribution in [0.15, 0.2) is 65.8 Å². The number of halogens is 2. The fraction of sp³-hybridized carbons (Fsp3) is 0.0500. The summed E-state index contributed by atoms with van der Waals surface area (Å²) < 4.78 is 0. The van der Waals surface area contributed by atoms with Gasteiger partial charge in [-0.15, -0.1) is 0 Å². The number of fused-ring (bicyclic) bond motifs is 1. The maximum absolute atomic E-state index is 11.9. The first-order chi connectivity index (χ1) is 13.0. The van der Waals surface area contributed by atoms with E-state index in [0.29, 0.717) is 15.6 Å². The highest BCUT2D eigenvalue weighted by atomic mass is 35.5. The van der Waals surface area contributed by atoms with E-state index in [0.717, 1.165) is 16.3 Å². The van der Waals surface area contributed by atoms with Gasteiger partial charge in [0.05, 0.1) is 6.21 Å². The van der Waals surface area contributed by atoms with E-state index >= 15 is 0 Å². The smallest absolute Gasteiger partial charge is 0.329 e. The molecule has 27 heavy (non-hydrogen) atoms. The molecule has 0 fully saturated rings. The Balaban J connectivity index is 1.58. The van der Waals surface area contributed by atoms with Crippen LogP contribution in [0.1, 0.15) is 11.1 Å². The zero-order valence-electron chi connectivity index (χ0n) is 14.1. The fourth-order valence-corrected chi connectivity index (χ4v) is 2.97. The number of carbonyl (C=O) groups excluding carboxylic acids is 2. The van der Waals surface area contributed by atoms with Crippen LogP contribution in [0.4, 0.5) is 0 Å². The molecule has 2 N–H and O–H groups in total. The van der Waals surface area contributed by atoms with Gasteiger partial charge >= 0.3 is 11.8 Å². The van der Waals surface area contributed by atoms with E-state index in [2.05, 4.69) is 15.8 Å². The quantitative estimate of drug-likeness (QED) is 0.396. The molecule has 0 atom stereocenters. The summed E-state index contributed by atoms with van der Waals surface area (Å²) in [5, 5.41) is 9.32. The van der Waals surface area contributed by atoms with Crippen molar-refractivity contribution in [3.63, 3.8) is 0 Å². The molecule has 0 aliphatic heterocycles. The number of benzene rings is 3. The zero-order chi connectivity index (χ0) is 19.2. The van der Waals surface area contributed by atoms with Crippen LogP contribution in [-0.2, 0) is 16.1 Å². The highest BCUT2D eigenvalue weighted by molar-refractivity contribution is 6.36. The summed E-state index contributed by atoms with van der Waals surface area (Å²) >= 11 is 11.9. The van der Waals surface area contributed by atoms with Crippen molar-refractivity contribution in [1.82, 2.24) is 10.7 Å². The summed E-state index contributed by atoms with van der Waals surface area (Å²) in [5.74, 6) is -1.67. The minimum atomic E-state index is -0.864. The molecule has 0 aliphatic rings. The standard InChI is InChI=1S/C20H15Cl2N3O2/c21-16-9-8-15(18(22)10-16)11-23-19(26)20(27)25-24-12-14-6-3-5-13-4-1-2-7-17(13)14/h1-10,12H,11H2,(H,23,26)(H,25,27)/b24-12-. The van der Waals surface area contributed by atoms with Gasteiger partial charge in [0.2, 0.25) is 0 Å². The van der Waals surface area contributed by atoms with Crippen molar-refractivity contribution >= 4 is 52.0 Å². The van der Waals surface area contributed by atoms with Crippen LogP contribution in [0.3, 0.4) is 0 Å². The van der Waals surface area contributed by atoms with E-state index in [1.165, 1.54) is 6.21 Å². The second kappa shape index (κ2) is 8.66. The Hall–Kier alpha value is -2.89. The number of hydrazone groups is 1. The molecule has 3 aromatic rings. The lowest BCUT2D eigenvalue weighted by Crippen LogP contribution is -2.37. The van der Waals surface area contributed by atoms with Gasteiger partial charge in [0, 0.05) is 22.2 Å². The average Bonchev–Trinajstić information content (AvgIpc) is 2.67. The fourth-order valence-electron chi connectivity index (χ4n) is 2.50. The monoisotopic (exact) mass is 399 g/mol. The second-order valence-electron chi connectivity index (χ2n) is 5.69. The van der Waals surface area contributed by atoms with Gasteiger partial charge in [-0.05, 0) is 28.5 Å². The van der Waals surface area contributed by atoms with Gasteiger partial charge in [0.1, 0.15) is 0 Å². The predicted octanol–water partition coefficient (Wildman–Crippen LogP) is 3.91. The Kier molecular flexibility index (Phi) is 6.06. The molecule has 0 aromatic heterocycles. The number of rotatable bonds is 4. The van der Waals surface area contributed by atoms with Crippen LogP contribution in [0.25, 0.3) is 10.8 Å². The summed E-state index contributed by atoms with van der Waals surface area (Å²) in [6, 6.07) is 18.5. The summed E-state index contributed by atoms with van der Waals surface area (Å²) in [7, 11) is 0. The maximum Gasteiger partial charge on any atom is 0.329 e.